The molecule has 20 heavy (non-hydrogen) atoms. The highest BCUT2D eigenvalue weighted by molar-refractivity contribution is 6.35. The van der Waals surface area contributed by atoms with Crippen LogP contribution in [0.3, 0.4) is 0 Å². The lowest BCUT2D eigenvalue weighted by Crippen LogP contribution is -2.14. The third-order valence-electron chi connectivity index (χ3n) is 3.23. The Morgan fingerprint density at radius 3 is 2.55 bits per heavy atom. The molecule has 0 fully saturated rings. The number of benzene rings is 2. The predicted molar refractivity (Wildman–Crippen MR) is 88.6 cm³/mol. The predicted octanol–water partition coefficient (Wildman–Crippen LogP) is 5.47. The van der Waals surface area contributed by atoms with Crippen LogP contribution in [-0.2, 0) is 6.54 Å². The van der Waals surface area contributed by atoms with Crippen molar-refractivity contribution in [1.82, 2.24) is 5.32 Å². The Hall–Kier alpha value is -1.02. The molecule has 0 atom stereocenters. The molecule has 1 nitrogen and oxygen atoms in total. The molecule has 0 spiro atoms. The van der Waals surface area contributed by atoms with E-state index in [-0.39, 0.29) is 0 Å². The fourth-order valence-electron chi connectivity index (χ4n) is 2.20. The lowest BCUT2D eigenvalue weighted by Gasteiger charge is -2.13. The van der Waals surface area contributed by atoms with Gasteiger partial charge in [-0.1, -0.05) is 53.9 Å². The van der Waals surface area contributed by atoms with Gasteiger partial charge in [-0.15, -0.1) is 0 Å². The van der Waals surface area contributed by atoms with Crippen LogP contribution in [0, 0.1) is 6.92 Å². The molecule has 0 aliphatic heterocycles. The van der Waals surface area contributed by atoms with Gasteiger partial charge in [-0.05, 0) is 49.2 Å². The second-order valence-corrected chi connectivity index (χ2v) is 5.81. The van der Waals surface area contributed by atoms with Crippen molar-refractivity contribution in [2.24, 2.45) is 0 Å². The van der Waals surface area contributed by atoms with Crippen LogP contribution in [0.5, 0.6) is 0 Å². The summed E-state index contributed by atoms with van der Waals surface area (Å²) in [6.45, 7) is 6.10. The van der Waals surface area contributed by atoms with Gasteiger partial charge < -0.3 is 5.32 Å². The van der Waals surface area contributed by atoms with E-state index in [1.165, 1.54) is 11.1 Å². The molecule has 0 saturated heterocycles. The van der Waals surface area contributed by atoms with Gasteiger partial charge in [0.1, 0.15) is 0 Å². The van der Waals surface area contributed by atoms with Gasteiger partial charge >= 0.3 is 0 Å². The molecule has 0 heterocycles. The van der Waals surface area contributed by atoms with Gasteiger partial charge in [-0.3, -0.25) is 0 Å². The monoisotopic (exact) mass is 307 g/mol. The van der Waals surface area contributed by atoms with Crippen LogP contribution in [0.4, 0.5) is 0 Å². The van der Waals surface area contributed by atoms with Crippen molar-refractivity contribution in [1.29, 1.82) is 0 Å². The van der Waals surface area contributed by atoms with Gasteiger partial charge in [-0.25, -0.2) is 0 Å². The van der Waals surface area contributed by atoms with E-state index in [1.54, 1.807) is 0 Å². The summed E-state index contributed by atoms with van der Waals surface area (Å²) in [5, 5.41) is 4.88. The molecule has 0 radical (unpaired) electrons. The van der Waals surface area contributed by atoms with Gasteiger partial charge in [0.15, 0.2) is 0 Å². The fourth-order valence-corrected chi connectivity index (χ4v) is 2.59. The zero-order chi connectivity index (χ0) is 14.5. The van der Waals surface area contributed by atoms with Crippen molar-refractivity contribution < 1.29 is 0 Å². The Bertz CT molecular complexity index is 594. The molecule has 106 valence electrons. The summed E-state index contributed by atoms with van der Waals surface area (Å²) in [5.74, 6) is 0. The maximum atomic E-state index is 6.34. The number of hydrogen-bond acceptors (Lipinski definition) is 1. The third kappa shape index (κ3) is 3.76. The van der Waals surface area contributed by atoms with E-state index in [4.69, 9.17) is 23.2 Å². The highest BCUT2D eigenvalue weighted by Gasteiger charge is 2.10. The molecule has 0 aromatic heterocycles. The Morgan fingerprint density at radius 1 is 1.00 bits per heavy atom. The van der Waals surface area contributed by atoms with E-state index in [9.17, 15) is 0 Å². The number of halogens is 2. The quantitative estimate of drug-likeness (QED) is 0.722. The summed E-state index contributed by atoms with van der Waals surface area (Å²) in [5.41, 5.74) is 4.61. The van der Waals surface area contributed by atoms with Crippen LogP contribution in [0.15, 0.2) is 36.4 Å². The molecule has 0 unspecified atom stereocenters. The average molecular weight is 308 g/mol. The molecule has 3 heteroatoms. The van der Waals surface area contributed by atoms with Crippen molar-refractivity contribution in [3.8, 4) is 11.1 Å². The summed E-state index contributed by atoms with van der Waals surface area (Å²) in [6, 6.07) is 12.1. The number of rotatable bonds is 5. The summed E-state index contributed by atoms with van der Waals surface area (Å²) >= 11 is 12.4. The normalized spacial score (nSPS) is 10.8. The second-order valence-electron chi connectivity index (χ2n) is 4.96. The first-order valence-electron chi connectivity index (χ1n) is 6.87. The van der Waals surface area contributed by atoms with Crippen molar-refractivity contribution in [2.75, 3.05) is 6.54 Å². The Balaban J connectivity index is 2.42. The van der Waals surface area contributed by atoms with Crippen LogP contribution < -0.4 is 5.32 Å². The van der Waals surface area contributed by atoms with E-state index < -0.39 is 0 Å². The zero-order valence-corrected chi connectivity index (χ0v) is 13.4. The fraction of sp³-hybridized carbons (Fsp3) is 0.294. The van der Waals surface area contributed by atoms with Crippen molar-refractivity contribution in [2.45, 2.75) is 26.8 Å². The van der Waals surface area contributed by atoms with Gasteiger partial charge in [0.05, 0.1) is 0 Å². The molecule has 0 saturated carbocycles. The minimum absolute atomic E-state index is 0.707. The van der Waals surface area contributed by atoms with Crippen LogP contribution >= 0.6 is 23.2 Å². The highest BCUT2D eigenvalue weighted by atomic mass is 35.5. The van der Waals surface area contributed by atoms with Crippen LogP contribution in [0.25, 0.3) is 11.1 Å². The molecule has 1 N–H and O–H groups in total. The van der Waals surface area contributed by atoms with Gasteiger partial charge in [0.25, 0.3) is 0 Å². The maximum absolute atomic E-state index is 6.34. The Kier molecular flexibility index (Phi) is 5.47. The average Bonchev–Trinajstić information content (AvgIpc) is 2.43. The van der Waals surface area contributed by atoms with Crippen LogP contribution in [0.1, 0.15) is 24.5 Å². The van der Waals surface area contributed by atoms with Crippen molar-refractivity contribution >= 4 is 23.2 Å². The first kappa shape index (κ1) is 15.4. The minimum atomic E-state index is 0.707. The molecule has 0 amide bonds. The number of hydrogen-bond donors (Lipinski definition) is 1. The Labute approximate surface area is 130 Å². The SMILES string of the molecule is CCCNCc1ccc(C)cc1-c1cc(Cl)ccc1Cl. The molecule has 2 aromatic carbocycles. The summed E-state index contributed by atoms with van der Waals surface area (Å²) in [6.07, 6.45) is 1.12. The standard InChI is InChI=1S/C17H19Cl2N/c1-3-8-20-11-13-5-4-12(2)9-15(13)16-10-14(18)6-7-17(16)19/h4-7,9-10,20H,3,8,11H2,1-2H3. The second kappa shape index (κ2) is 7.12. The first-order chi connectivity index (χ1) is 9.61. The van der Waals surface area contributed by atoms with E-state index in [0.717, 1.165) is 35.7 Å². The van der Waals surface area contributed by atoms with E-state index in [0.29, 0.717) is 5.02 Å². The van der Waals surface area contributed by atoms with Crippen molar-refractivity contribution in [3.63, 3.8) is 0 Å². The topological polar surface area (TPSA) is 12.0 Å². The molecule has 2 aromatic rings. The summed E-state index contributed by atoms with van der Waals surface area (Å²) in [7, 11) is 0. The highest BCUT2D eigenvalue weighted by Crippen LogP contribution is 2.33. The molecule has 0 aliphatic rings. The Morgan fingerprint density at radius 2 is 1.80 bits per heavy atom. The maximum Gasteiger partial charge on any atom is 0.0485 e. The van der Waals surface area contributed by atoms with Gasteiger partial charge in [0.2, 0.25) is 0 Å². The molecule has 0 aliphatic carbocycles. The van der Waals surface area contributed by atoms with E-state index in [1.807, 2.05) is 18.2 Å². The van der Waals surface area contributed by atoms with Crippen molar-refractivity contribution in [3.05, 3.63) is 57.6 Å². The smallest absolute Gasteiger partial charge is 0.0485 e. The lowest BCUT2D eigenvalue weighted by molar-refractivity contribution is 0.676. The zero-order valence-electron chi connectivity index (χ0n) is 11.8. The van der Waals surface area contributed by atoms with E-state index >= 15 is 0 Å². The summed E-state index contributed by atoms with van der Waals surface area (Å²) < 4.78 is 0. The largest absolute Gasteiger partial charge is 0.313 e. The molecule has 0 bridgehead atoms. The molecular formula is C17H19Cl2N. The van der Waals surface area contributed by atoms with E-state index in [2.05, 4.69) is 37.4 Å². The van der Waals surface area contributed by atoms with Gasteiger partial charge in [-0.2, -0.15) is 0 Å². The summed E-state index contributed by atoms with van der Waals surface area (Å²) in [4.78, 5) is 0. The number of aryl methyl sites for hydroxylation is 1. The number of nitrogens with one attached hydrogen (secondary N) is 1. The minimum Gasteiger partial charge on any atom is -0.313 e. The van der Waals surface area contributed by atoms with Gasteiger partial charge in [0, 0.05) is 22.2 Å². The molecule has 2 rings (SSSR count). The van der Waals surface area contributed by atoms with Crippen LogP contribution in [0.2, 0.25) is 10.0 Å². The third-order valence-corrected chi connectivity index (χ3v) is 3.79. The lowest BCUT2D eigenvalue weighted by atomic mass is 9.97. The van der Waals surface area contributed by atoms with Crippen LogP contribution in [-0.4, -0.2) is 6.54 Å². The molecular weight excluding hydrogens is 289 g/mol. The first-order valence-corrected chi connectivity index (χ1v) is 7.63.